The second kappa shape index (κ2) is 35.1. The molecule has 0 bridgehead atoms. The number of rotatable bonds is 32. The first kappa shape index (κ1) is 46.3. The molecule has 0 aromatic rings. The molecule has 2 atom stereocenters. The van der Waals surface area contributed by atoms with Crippen LogP contribution in [0.25, 0.3) is 0 Å². The van der Waals surface area contributed by atoms with Gasteiger partial charge in [-0.15, -0.1) is 0 Å². The highest BCUT2D eigenvalue weighted by Crippen LogP contribution is 2.14. The van der Waals surface area contributed by atoms with Crippen molar-refractivity contribution in [1.29, 1.82) is 0 Å². The highest BCUT2D eigenvalue weighted by molar-refractivity contribution is 5.87. The average molecular weight is 699 g/mol. The molecule has 0 saturated heterocycles. The van der Waals surface area contributed by atoms with Crippen molar-refractivity contribution in [2.45, 2.75) is 148 Å². The van der Waals surface area contributed by atoms with E-state index in [4.69, 9.17) is 14.9 Å². The standard InChI is InChI=1S/C41H66N2O7/c1-3-5-7-9-11-13-14-15-16-17-18-19-21-23-29-33-40(47)50-36(30-26-22-20-12-10-8-6-4-2)31-27-24-25-28-32-38(45)42-34-39(46)43-37(35-44)41(48)49/h5,7,11,13,15-16,18-19,23,26,29-30,36-37,44H,3-4,6,8-10,12,14,17,20-22,24-25,27-28,31-35H2,1-2H3,(H,42,45)(H,43,46)(H,48,49)/b7-5-,13-11-,16-15-,19-18-,29-23-,30-26-. The number of aliphatic hydroxyl groups is 1. The Balaban J connectivity index is 4.48. The van der Waals surface area contributed by atoms with Gasteiger partial charge in [0.05, 0.1) is 19.6 Å². The number of carbonyl (C=O) groups excluding carboxylic acids is 3. The summed E-state index contributed by atoms with van der Waals surface area (Å²) in [5, 5.41) is 22.5. The topological polar surface area (TPSA) is 142 Å². The Hall–Kier alpha value is -3.72. The number of hydrogen-bond donors (Lipinski definition) is 4. The molecule has 0 radical (unpaired) electrons. The summed E-state index contributed by atoms with van der Waals surface area (Å²) in [5.74, 6) is -2.56. The van der Waals surface area contributed by atoms with Gasteiger partial charge < -0.3 is 25.6 Å². The number of carbonyl (C=O) groups is 4. The van der Waals surface area contributed by atoms with E-state index in [1.807, 2.05) is 18.2 Å². The molecule has 9 nitrogen and oxygen atoms in total. The lowest BCUT2D eigenvalue weighted by Gasteiger charge is -2.14. The molecule has 0 fully saturated rings. The van der Waals surface area contributed by atoms with Crippen molar-refractivity contribution in [3.63, 3.8) is 0 Å². The number of aliphatic carboxylic acids is 1. The first-order valence-electron chi connectivity index (χ1n) is 18.8. The lowest BCUT2D eigenvalue weighted by Crippen LogP contribution is -2.47. The van der Waals surface area contributed by atoms with Crippen LogP contribution in [0.3, 0.4) is 0 Å². The Morgan fingerprint density at radius 2 is 1.22 bits per heavy atom. The van der Waals surface area contributed by atoms with Crippen LogP contribution in [0.15, 0.2) is 72.9 Å². The number of aliphatic hydroxyl groups excluding tert-OH is 1. The molecule has 4 N–H and O–H groups in total. The number of ether oxygens (including phenoxy) is 1. The molecule has 50 heavy (non-hydrogen) atoms. The minimum atomic E-state index is -1.40. The molecule has 0 rings (SSSR count). The van der Waals surface area contributed by atoms with Gasteiger partial charge in [-0.05, 0) is 70.3 Å². The number of nitrogens with one attached hydrogen (secondary N) is 2. The second-order valence-corrected chi connectivity index (χ2v) is 12.3. The fourth-order valence-electron chi connectivity index (χ4n) is 4.81. The minimum absolute atomic E-state index is 0.236. The molecule has 0 aromatic carbocycles. The van der Waals surface area contributed by atoms with Crippen molar-refractivity contribution >= 4 is 23.8 Å². The van der Waals surface area contributed by atoms with Gasteiger partial charge >= 0.3 is 11.9 Å². The third-order valence-corrected chi connectivity index (χ3v) is 7.70. The largest absolute Gasteiger partial charge is 0.480 e. The van der Waals surface area contributed by atoms with Crippen LogP contribution in [0.5, 0.6) is 0 Å². The van der Waals surface area contributed by atoms with E-state index in [1.165, 1.54) is 32.1 Å². The highest BCUT2D eigenvalue weighted by Gasteiger charge is 2.18. The van der Waals surface area contributed by atoms with E-state index in [-0.39, 0.29) is 37.4 Å². The summed E-state index contributed by atoms with van der Waals surface area (Å²) < 4.78 is 5.81. The van der Waals surface area contributed by atoms with Gasteiger partial charge in [0, 0.05) is 6.42 Å². The maximum Gasteiger partial charge on any atom is 0.328 e. The predicted octanol–water partition coefficient (Wildman–Crippen LogP) is 8.37. The minimum Gasteiger partial charge on any atom is -0.480 e. The average Bonchev–Trinajstić information content (AvgIpc) is 3.10. The number of esters is 1. The Bertz CT molecular complexity index is 1070. The zero-order valence-corrected chi connectivity index (χ0v) is 30.9. The summed E-state index contributed by atoms with van der Waals surface area (Å²) in [7, 11) is 0. The molecule has 0 aliphatic heterocycles. The summed E-state index contributed by atoms with van der Waals surface area (Å²) >= 11 is 0. The van der Waals surface area contributed by atoms with Crippen molar-refractivity contribution in [2.24, 2.45) is 0 Å². The van der Waals surface area contributed by atoms with Gasteiger partial charge in [0.2, 0.25) is 11.8 Å². The van der Waals surface area contributed by atoms with E-state index in [9.17, 15) is 19.2 Å². The van der Waals surface area contributed by atoms with Crippen LogP contribution in [0.4, 0.5) is 0 Å². The predicted molar refractivity (Wildman–Crippen MR) is 203 cm³/mol. The summed E-state index contributed by atoms with van der Waals surface area (Å²) in [6.07, 6.45) is 42.4. The van der Waals surface area contributed by atoms with Crippen LogP contribution in [-0.2, 0) is 23.9 Å². The summed E-state index contributed by atoms with van der Waals surface area (Å²) in [4.78, 5) is 47.3. The van der Waals surface area contributed by atoms with Crippen LogP contribution in [-0.4, -0.2) is 59.3 Å². The van der Waals surface area contributed by atoms with E-state index >= 15 is 0 Å². The van der Waals surface area contributed by atoms with E-state index in [0.717, 1.165) is 64.2 Å². The van der Waals surface area contributed by atoms with Gasteiger partial charge in [-0.3, -0.25) is 14.4 Å². The Kier molecular flexibility index (Phi) is 32.5. The number of hydrogen-bond acceptors (Lipinski definition) is 6. The number of carboxylic acid groups (broad SMARTS) is 1. The van der Waals surface area contributed by atoms with Crippen LogP contribution >= 0.6 is 0 Å². The highest BCUT2D eigenvalue weighted by atomic mass is 16.5. The zero-order chi connectivity index (χ0) is 36.9. The van der Waals surface area contributed by atoms with Gasteiger partial charge in [-0.1, -0.05) is 126 Å². The van der Waals surface area contributed by atoms with Gasteiger partial charge in [-0.25, -0.2) is 4.79 Å². The Morgan fingerprint density at radius 3 is 1.82 bits per heavy atom. The molecule has 0 aliphatic rings. The molecule has 9 heteroatoms. The maximum atomic E-state index is 12.6. The molecule has 0 spiro atoms. The molecule has 2 unspecified atom stereocenters. The fourth-order valence-corrected chi connectivity index (χ4v) is 4.81. The van der Waals surface area contributed by atoms with E-state index < -0.39 is 24.5 Å². The molecule has 0 heterocycles. The van der Waals surface area contributed by atoms with Gasteiger partial charge in [0.25, 0.3) is 0 Å². The second-order valence-electron chi connectivity index (χ2n) is 12.3. The molecule has 0 aromatic heterocycles. The quantitative estimate of drug-likeness (QED) is 0.0314. The van der Waals surface area contributed by atoms with Crippen LogP contribution in [0, 0.1) is 0 Å². The third kappa shape index (κ3) is 31.5. The number of unbranched alkanes of at least 4 members (excludes halogenated alkanes) is 9. The number of carboxylic acids is 1. The number of amides is 2. The maximum absolute atomic E-state index is 12.6. The van der Waals surface area contributed by atoms with Crippen LogP contribution in [0.1, 0.15) is 136 Å². The first-order chi connectivity index (χ1) is 24.3. The molecular weight excluding hydrogens is 632 g/mol. The van der Waals surface area contributed by atoms with Crippen LogP contribution in [0.2, 0.25) is 0 Å². The first-order valence-corrected chi connectivity index (χ1v) is 18.8. The Labute approximate surface area is 302 Å². The van der Waals surface area contributed by atoms with Crippen molar-refractivity contribution in [3.05, 3.63) is 72.9 Å². The van der Waals surface area contributed by atoms with Gasteiger partial charge in [-0.2, -0.15) is 0 Å². The smallest absolute Gasteiger partial charge is 0.328 e. The zero-order valence-electron chi connectivity index (χ0n) is 30.9. The van der Waals surface area contributed by atoms with E-state index in [2.05, 4.69) is 79.2 Å². The molecule has 0 aliphatic carbocycles. The molecule has 282 valence electrons. The van der Waals surface area contributed by atoms with Crippen molar-refractivity contribution < 1.29 is 34.1 Å². The summed E-state index contributed by atoms with van der Waals surface area (Å²) in [5.41, 5.74) is 0. The Morgan fingerprint density at radius 1 is 0.660 bits per heavy atom. The lowest BCUT2D eigenvalue weighted by molar-refractivity contribution is -0.146. The van der Waals surface area contributed by atoms with E-state index in [1.54, 1.807) is 0 Å². The monoisotopic (exact) mass is 698 g/mol. The fraction of sp³-hybridized carbons (Fsp3) is 0.610. The van der Waals surface area contributed by atoms with Gasteiger partial charge in [0.1, 0.15) is 12.1 Å². The van der Waals surface area contributed by atoms with Crippen molar-refractivity contribution in [2.75, 3.05) is 13.2 Å². The van der Waals surface area contributed by atoms with Crippen LogP contribution < -0.4 is 10.6 Å². The van der Waals surface area contributed by atoms with Gasteiger partial charge in [0.15, 0.2) is 0 Å². The molecular formula is C41H66N2O7. The third-order valence-electron chi connectivity index (χ3n) is 7.70. The SMILES string of the molecule is CC/C=C\C/C=C\C/C=C\C/C=C\C/C=C\CC(=O)OC(/C=C\CCCCCCCC)CCCCCCC(=O)NCC(=O)NC(CO)C(=O)O. The lowest BCUT2D eigenvalue weighted by atomic mass is 10.1. The molecule has 0 saturated carbocycles. The normalized spacial score (nSPS) is 13.3. The number of allylic oxidation sites excluding steroid dienone is 10. The summed E-state index contributed by atoms with van der Waals surface area (Å²) in [6.45, 7) is 3.28. The summed E-state index contributed by atoms with van der Waals surface area (Å²) in [6, 6.07) is -1.40. The van der Waals surface area contributed by atoms with Crippen molar-refractivity contribution in [3.8, 4) is 0 Å². The molecule has 2 amide bonds. The van der Waals surface area contributed by atoms with Crippen molar-refractivity contribution in [1.82, 2.24) is 10.6 Å². The van der Waals surface area contributed by atoms with E-state index in [0.29, 0.717) is 12.8 Å².